The Labute approximate surface area is 134 Å². The SMILES string of the molecule is CN(C)CCN(C)C[C@@H]1CN(C(=O)N2CCCC2)C[C@@H]1CO. The second kappa shape index (κ2) is 8.13. The molecule has 2 amide bonds. The molecule has 2 aliphatic heterocycles. The van der Waals surface area contributed by atoms with Crippen LogP contribution in [0.3, 0.4) is 0 Å². The molecule has 0 spiro atoms. The molecular formula is C16H32N4O2. The summed E-state index contributed by atoms with van der Waals surface area (Å²) in [7, 11) is 6.29. The molecule has 0 bridgehead atoms. The molecule has 6 nitrogen and oxygen atoms in total. The number of hydrogen-bond donors (Lipinski definition) is 1. The second-order valence-electron chi connectivity index (χ2n) is 7.15. The third-order valence-corrected chi connectivity index (χ3v) is 4.93. The number of likely N-dealkylation sites (tertiary alicyclic amines) is 2. The van der Waals surface area contributed by atoms with Crippen molar-refractivity contribution in [2.75, 3.05) is 73.6 Å². The summed E-state index contributed by atoms with van der Waals surface area (Å²) in [5.74, 6) is 0.595. The van der Waals surface area contributed by atoms with E-state index in [-0.39, 0.29) is 18.6 Å². The molecule has 128 valence electrons. The first-order valence-corrected chi connectivity index (χ1v) is 8.49. The minimum Gasteiger partial charge on any atom is -0.396 e. The number of aliphatic hydroxyl groups is 1. The second-order valence-corrected chi connectivity index (χ2v) is 7.15. The van der Waals surface area contributed by atoms with E-state index in [0.29, 0.717) is 12.5 Å². The molecule has 0 saturated carbocycles. The summed E-state index contributed by atoms with van der Waals surface area (Å²) in [5.41, 5.74) is 0. The molecule has 0 unspecified atom stereocenters. The van der Waals surface area contributed by atoms with Gasteiger partial charge in [0.15, 0.2) is 0 Å². The lowest BCUT2D eigenvalue weighted by Gasteiger charge is -2.25. The predicted octanol–water partition coefficient (Wildman–Crippen LogP) is 0.236. The van der Waals surface area contributed by atoms with Crippen LogP contribution in [0.1, 0.15) is 12.8 Å². The van der Waals surface area contributed by atoms with Gasteiger partial charge in [0.25, 0.3) is 0 Å². The van der Waals surface area contributed by atoms with Crippen LogP contribution < -0.4 is 0 Å². The van der Waals surface area contributed by atoms with Crippen LogP contribution in [0, 0.1) is 11.8 Å². The summed E-state index contributed by atoms with van der Waals surface area (Å²) < 4.78 is 0. The van der Waals surface area contributed by atoms with Crippen molar-refractivity contribution >= 4 is 6.03 Å². The highest BCUT2D eigenvalue weighted by molar-refractivity contribution is 5.75. The lowest BCUT2D eigenvalue weighted by atomic mass is 9.96. The molecule has 0 aromatic rings. The molecule has 1 N–H and O–H groups in total. The maximum Gasteiger partial charge on any atom is 0.320 e. The van der Waals surface area contributed by atoms with E-state index in [1.165, 1.54) is 0 Å². The van der Waals surface area contributed by atoms with Crippen LogP contribution in [-0.4, -0.2) is 104 Å². The molecule has 0 aromatic heterocycles. The van der Waals surface area contributed by atoms with Gasteiger partial charge in [0.05, 0.1) is 0 Å². The Morgan fingerprint density at radius 1 is 1.05 bits per heavy atom. The fraction of sp³-hybridized carbons (Fsp3) is 0.938. The van der Waals surface area contributed by atoms with Crippen molar-refractivity contribution in [3.05, 3.63) is 0 Å². The van der Waals surface area contributed by atoms with Gasteiger partial charge in [-0.3, -0.25) is 0 Å². The van der Waals surface area contributed by atoms with Crippen LogP contribution in [0.25, 0.3) is 0 Å². The molecular weight excluding hydrogens is 280 g/mol. The zero-order valence-electron chi connectivity index (χ0n) is 14.4. The standard InChI is InChI=1S/C16H32N4O2/c1-17(2)8-9-18(3)10-14-11-20(12-15(14)13-21)16(22)19-6-4-5-7-19/h14-15,21H,4-13H2,1-3H3/t14-,15-/m1/s1. The van der Waals surface area contributed by atoms with Crippen molar-refractivity contribution in [3.8, 4) is 0 Å². The number of urea groups is 1. The number of carbonyl (C=O) groups is 1. The normalized spacial score (nSPS) is 25.7. The summed E-state index contributed by atoms with van der Waals surface area (Å²) in [6, 6.07) is 0.175. The fourth-order valence-corrected chi connectivity index (χ4v) is 3.48. The summed E-state index contributed by atoms with van der Waals surface area (Å²) in [4.78, 5) is 20.9. The van der Waals surface area contributed by atoms with E-state index < -0.39 is 0 Å². The van der Waals surface area contributed by atoms with Gasteiger partial charge in [-0.1, -0.05) is 0 Å². The Kier molecular flexibility index (Phi) is 6.47. The van der Waals surface area contributed by atoms with Crippen molar-refractivity contribution in [3.63, 3.8) is 0 Å². The molecule has 2 aliphatic rings. The lowest BCUT2D eigenvalue weighted by molar-refractivity contribution is 0.166. The Hall–Kier alpha value is -0.850. The first-order valence-electron chi connectivity index (χ1n) is 8.49. The summed E-state index contributed by atoms with van der Waals surface area (Å²) >= 11 is 0. The van der Waals surface area contributed by atoms with Gasteiger partial charge in [0.1, 0.15) is 0 Å². The summed E-state index contributed by atoms with van der Waals surface area (Å²) in [6.07, 6.45) is 2.25. The highest BCUT2D eigenvalue weighted by Crippen LogP contribution is 2.25. The van der Waals surface area contributed by atoms with Crippen molar-refractivity contribution in [2.45, 2.75) is 12.8 Å². The fourth-order valence-electron chi connectivity index (χ4n) is 3.48. The van der Waals surface area contributed by atoms with Gasteiger partial charge in [0, 0.05) is 58.3 Å². The number of amides is 2. The quantitative estimate of drug-likeness (QED) is 0.763. The highest BCUT2D eigenvalue weighted by atomic mass is 16.3. The number of rotatable bonds is 6. The maximum atomic E-state index is 12.5. The van der Waals surface area contributed by atoms with Gasteiger partial charge in [-0.05, 0) is 39.9 Å². The van der Waals surface area contributed by atoms with E-state index in [1.807, 2.05) is 9.80 Å². The van der Waals surface area contributed by atoms with Gasteiger partial charge >= 0.3 is 6.03 Å². The Morgan fingerprint density at radius 3 is 2.27 bits per heavy atom. The molecule has 6 heteroatoms. The van der Waals surface area contributed by atoms with E-state index in [2.05, 4.69) is 30.9 Å². The molecule has 0 aromatic carbocycles. The van der Waals surface area contributed by atoms with Crippen molar-refractivity contribution in [1.29, 1.82) is 0 Å². The third kappa shape index (κ3) is 4.57. The molecule has 2 fully saturated rings. The average Bonchev–Trinajstić information content (AvgIpc) is 3.13. The highest BCUT2D eigenvalue weighted by Gasteiger charge is 2.37. The zero-order valence-corrected chi connectivity index (χ0v) is 14.4. The maximum absolute atomic E-state index is 12.5. The van der Waals surface area contributed by atoms with Crippen molar-refractivity contribution < 1.29 is 9.90 Å². The lowest BCUT2D eigenvalue weighted by Crippen LogP contribution is -2.41. The number of aliphatic hydroxyl groups excluding tert-OH is 1. The van der Waals surface area contributed by atoms with E-state index in [4.69, 9.17) is 0 Å². The topological polar surface area (TPSA) is 50.3 Å². The van der Waals surface area contributed by atoms with E-state index in [1.54, 1.807) is 0 Å². The summed E-state index contributed by atoms with van der Waals surface area (Å²) in [5, 5.41) is 9.65. The van der Waals surface area contributed by atoms with Crippen molar-refractivity contribution in [2.24, 2.45) is 11.8 Å². The van der Waals surface area contributed by atoms with Crippen LogP contribution in [0.15, 0.2) is 0 Å². The molecule has 0 aliphatic carbocycles. The smallest absolute Gasteiger partial charge is 0.320 e. The molecule has 2 saturated heterocycles. The number of hydrogen-bond acceptors (Lipinski definition) is 4. The Bertz CT molecular complexity index is 358. The molecule has 2 heterocycles. The number of nitrogens with zero attached hydrogens (tertiary/aromatic N) is 4. The van der Waals surface area contributed by atoms with Crippen LogP contribution in [-0.2, 0) is 0 Å². The van der Waals surface area contributed by atoms with Crippen LogP contribution in [0.2, 0.25) is 0 Å². The minimum atomic E-state index is 0.175. The number of carbonyl (C=O) groups excluding carboxylic acids is 1. The van der Waals surface area contributed by atoms with E-state index in [9.17, 15) is 9.90 Å². The first kappa shape index (κ1) is 17.5. The monoisotopic (exact) mass is 312 g/mol. The average molecular weight is 312 g/mol. The van der Waals surface area contributed by atoms with Gasteiger partial charge in [-0.25, -0.2) is 4.79 Å². The van der Waals surface area contributed by atoms with Crippen molar-refractivity contribution in [1.82, 2.24) is 19.6 Å². The van der Waals surface area contributed by atoms with Gasteiger partial charge in [-0.15, -0.1) is 0 Å². The predicted molar refractivity (Wildman–Crippen MR) is 87.9 cm³/mol. The zero-order chi connectivity index (χ0) is 16.1. The van der Waals surface area contributed by atoms with Crippen LogP contribution in [0.5, 0.6) is 0 Å². The summed E-state index contributed by atoms with van der Waals surface area (Å²) in [6.45, 7) is 6.45. The minimum absolute atomic E-state index is 0.175. The molecule has 2 atom stereocenters. The third-order valence-electron chi connectivity index (χ3n) is 4.93. The van der Waals surface area contributed by atoms with Gasteiger partial charge in [0.2, 0.25) is 0 Å². The Morgan fingerprint density at radius 2 is 1.68 bits per heavy atom. The van der Waals surface area contributed by atoms with Crippen LogP contribution in [0.4, 0.5) is 4.79 Å². The van der Waals surface area contributed by atoms with Gasteiger partial charge in [-0.2, -0.15) is 0 Å². The van der Waals surface area contributed by atoms with E-state index in [0.717, 1.165) is 52.1 Å². The Balaban J connectivity index is 1.84. The molecule has 2 rings (SSSR count). The largest absolute Gasteiger partial charge is 0.396 e. The first-order chi connectivity index (χ1) is 10.5. The van der Waals surface area contributed by atoms with Crippen LogP contribution >= 0.6 is 0 Å². The molecule has 0 radical (unpaired) electrons. The van der Waals surface area contributed by atoms with E-state index >= 15 is 0 Å². The molecule has 22 heavy (non-hydrogen) atoms. The van der Waals surface area contributed by atoms with Gasteiger partial charge < -0.3 is 24.7 Å². The number of likely N-dealkylation sites (N-methyl/N-ethyl adjacent to an activating group) is 2.